The fourth-order valence-electron chi connectivity index (χ4n) is 2.03. The lowest BCUT2D eigenvalue weighted by atomic mass is 9.99. The Balaban J connectivity index is 3.03. The molecule has 0 fully saturated rings. The molecule has 6 nitrogen and oxygen atoms in total. The van der Waals surface area contributed by atoms with Gasteiger partial charge in [0.15, 0.2) is 0 Å². The summed E-state index contributed by atoms with van der Waals surface area (Å²) in [6.07, 6.45) is -10.1. The van der Waals surface area contributed by atoms with Gasteiger partial charge < -0.3 is 10.4 Å². The number of carbonyl (C=O) groups excluding carboxylic acids is 1. The predicted octanol–water partition coefficient (Wildman–Crippen LogP) is 3.05. The lowest BCUT2D eigenvalue weighted by molar-refractivity contribution is -0.155. The summed E-state index contributed by atoms with van der Waals surface area (Å²) < 4.78 is 93.4. The molecule has 154 valence electrons. The number of benzene rings is 1. The van der Waals surface area contributed by atoms with Crippen molar-refractivity contribution in [1.82, 2.24) is 0 Å². The normalized spacial score (nSPS) is 14.7. The lowest BCUT2D eigenvalue weighted by Crippen LogP contribution is -2.45. The minimum atomic E-state index is -6.08. The number of anilines is 1. The molecule has 0 aromatic heterocycles. The second-order valence-corrected chi connectivity index (χ2v) is 7.96. The molecule has 0 aliphatic heterocycles. The van der Waals surface area contributed by atoms with E-state index in [4.69, 9.17) is 0 Å². The van der Waals surface area contributed by atoms with Crippen molar-refractivity contribution in [1.29, 1.82) is 0 Å². The minimum absolute atomic E-state index is 0.152. The van der Waals surface area contributed by atoms with Gasteiger partial charge in [-0.05, 0) is 26.0 Å². The molecule has 1 atom stereocenters. The molecule has 0 saturated heterocycles. The van der Waals surface area contributed by atoms with Crippen molar-refractivity contribution < 1.29 is 44.5 Å². The van der Waals surface area contributed by atoms with Crippen LogP contribution in [0.1, 0.15) is 26.7 Å². The molecule has 1 amide bonds. The van der Waals surface area contributed by atoms with Crippen LogP contribution >= 0.6 is 0 Å². The highest BCUT2D eigenvalue weighted by atomic mass is 32.2. The van der Waals surface area contributed by atoms with Gasteiger partial charge in [-0.15, -0.1) is 0 Å². The first-order chi connectivity index (χ1) is 12.0. The molecular formula is C15H18F5NO5S. The van der Waals surface area contributed by atoms with Crippen molar-refractivity contribution in [3.63, 3.8) is 0 Å². The van der Waals surface area contributed by atoms with E-state index in [-0.39, 0.29) is 5.69 Å². The third-order valence-electron chi connectivity index (χ3n) is 3.06. The van der Waals surface area contributed by atoms with Crippen molar-refractivity contribution >= 4 is 21.7 Å². The number of nitrogens with one attached hydrogen (secondary N) is 1. The molecule has 0 bridgehead atoms. The topological polar surface area (TPSA) is 92.7 Å². The van der Waals surface area contributed by atoms with E-state index < -0.39 is 52.0 Å². The Morgan fingerprint density at radius 1 is 1.11 bits per heavy atom. The number of rotatable bonds is 8. The van der Waals surface area contributed by atoms with Crippen LogP contribution in [0.2, 0.25) is 0 Å². The molecule has 12 heteroatoms. The standard InChI is InChI=1S/C15H18F5NO5S/c1-13(2,23)8-11(9-14(16,17)18)26-27(24,25)15(19,20)12(22)21-10-6-4-3-5-7-10/h3-7,11,23H,8-9H2,1-2H3,(H,21,22). The second-order valence-electron chi connectivity index (χ2n) is 6.35. The minimum Gasteiger partial charge on any atom is -0.390 e. The summed E-state index contributed by atoms with van der Waals surface area (Å²) in [6.45, 7) is 2.10. The molecule has 0 spiro atoms. The molecule has 0 aliphatic rings. The van der Waals surface area contributed by atoms with E-state index >= 15 is 0 Å². The fourth-order valence-corrected chi connectivity index (χ4v) is 2.93. The molecule has 0 radical (unpaired) electrons. The van der Waals surface area contributed by atoms with Gasteiger partial charge >= 0.3 is 27.5 Å². The van der Waals surface area contributed by atoms with E-state index in [1.54, 1.807) is 5.32 Å². The fraction of sp³-hybridized carbons (Fsp3) is 0.533. The summed E-state index contributed by atoms with van der Waals surface area (Å²) in [6, 6.07) is 6.65. The number of alkyl halides is 5. The van der Waals surface area contributed by atoms with Crippen LogP contribution in [0, 0.1) is 0 Å². The quantitative estimate of drug-likeness (QED) is 0.499. The smallest absolute Gasteiger partial charge is 0.390 e. The molecule has 0 aliphatic carbocycles. The van der Waals surface area contributed by atoms with Gasteiger partial charge in [-0.2, -0.15) is 30.4 Å². The molecule has 1 aromatic carbocycles. The maximum absolute atomic E-state index is 14.0. The van der Waals surface area contributed by atoms with E-state index in [1.165, 1.54) is 30.3 Å². The molecule has 1 aromatic rings. The molecule has 1 rings (SSSR count). The van der Waals surface area contributed by atoms with Crippen molar-refractivity contribution in [2.45, 2.75) is 49.8 Å². The van der Waals surface area contributed by atoms with Gasteiger partial charge in [-0.1, -0.05) is 18.2 Å². The maximum Gasteiger partial charge on any atom is 0.447 e. The zero-order valence-corrected chi connectivity index (χ0v) is 15.1. The van der Waals surface area contributed by atoms with Gasteiger partial charge in [-0.25, -0.2) is 0 Å². The van der Waals surface area contributed by atoms with Crippen LogP contribution in [-0.4, -0.2) is 42.6 Å². The summed E-state index contributed by atoms with van der Waals surface area (Å²) in [5.74, 6) is -2.29. The van der Waals surface area contributed by atoms with Gasteiger partial charge in [0.25, 0.3) is 0 Å². The molecular weight excluding hydrogens is 401 g/mol. The monoisotopic (exact) mass is 419 g/mol. The number of carbonyl (C=O) groups is 1. The van der Waals surface area contributed by atoms with E-state index in [0.29, 0.717) is 0 Å². The number of hydrogen-bond acceptors (Lipinski definition) is 5. The highest BCUT2D eigenvalue weighted by molar-refractivity contribution is 7.88. The molecule has 2 N–H and O–H groups in total. The first-order valence-corrected chi connectivity index (χ1v) is 8.91. The first-order valence-electron chi connectivity index (χ1n) is 7.50. The summed E-state index contributed by atoms with van der Waals surface area (Å²) >= 11 is 0. The SMILES string of the molecule is CC(C)(O)CC(CC(F)(F)F)OS(=O)(=O)C(F)(F)C(=O)Nc1ccccc1. The zero-order valence-electron chi connectivity index (χ0n) is 14.3. The summed E-state index contributed by atoms with van der Waals surface area (Å²) in [7, 11) is -6.08. The second kappa shape index (κ2) is 8.07. The van der Waals surface area contributed by atoms with E-state index in [0.717, 1.165) is 13.8 Å². The predicted molar refractivity (Wildman–Crippen MR) is 85.4 cm³/mol. The highest BCUT2D eigenvalue weighted by Crippen LogP contribution is 2.32. The first kappa shape index (κ1) is 23.2. The van der Waals surface area contributed by atoms with E-state index in [9.17, 15) is 40.3 Å². The van der Waals surface area contributed by atoms with Crippen LogP contribution < -0.4 is 5.32 Å². The Hall–Kier alpha value is -1.79. The highest BCUT2D eigenvalue weighted by Gasteiger charge is 2.55. The zero-order chi connectivity index (χ0) is 21.1. The average molecular weight is 419 g/mol. The van der Waals surface area contributed by atoms with Gasteiger partial charge in [0.05, 0.1) is 18.1 Å². The number of amides is 1. The number of aliphatic hydroxyl groups is 1. The van der Waals surface area contributed by atoms with Gasteiger partial charge in [0.1, 0.15) is 0 Å². The third-order valence-corrected chi connectivity index (χ3v) is 4.40. The van der Waals surface area contributed by atoms with Crippen molar-refractivity contribution in [2.24, 2.45) is 0 Å². The number of hydrogen-bond donors (Lipinski definition) is 2. The van der Waals surface area contributed by atoms with Gasteiger partial charge in [0.2, 0.25) is 0 Å². The van der Waals surface area contributed by atoms with Crippen LogP contribution in [0.3, 0.4) is 0 Å². The molecule has 0 saturated carbocycles. The molecule has 1 unspecified atom stereocenters. The largest absolute Gasteiger partial charge is 0.447 e. The average Bonchev–Trinajstić information content (AvgIpc) is 2.43. The Morgan fingerprint density at radius 2 is 1.63 bits per heavy atom. The molecule has 27 heavy (non-hydrogen) atoms. The summed E-state index contributed by atoms with van der Waals surface area (Å²) in [4.78, 5) is 11.6. The Labute approximate surface area is 152 Å². The van der Waals surface area contributed by atoms with Crippen molar-refractivity contribution in [3.8, 4) is 0 Å². The Morgan fingerprint density at radius 3 is 2.07 bits per heavy atom. The van der Waals surface area contributed by atoms with Gasteiger partial charge in [0, 0.05) is 12.1 Å². The maximum atomic E-state index is 14.0. The van der Waals surface area contributed by atoms with E-state index in [2.05, 4.69) is 4.18 Å². The summed E-state index contributed by atoms with van der Waals surface area (Å²) in [5.41, 5.74) is -1.99. The lowest BCUT2D eigenvalue weighted by Gasteiger charge is -2.27. The van der Waals surface area contributed by atoms with Gasteiger partial charge in [-0.3, -0.25) is 8.98 Å². The van der Waals surface area contributed by atoms with E-state index in [1.807, 2.05) is 0 Å². The molecule has 0 heterocycles. The van der Waals surface area contributed by atoms with Crippen LogP contribution in [0.15, 0.2) is 30.3 Å². The van der Waals surface area contributed by atoms with Crippen LogP contribution in [0.5, 0.6) is 0 Å². The van der Waals surface area contributed by atoms with Crippen molar-refractivity contribution in [2.75, 3.05) is 5.32 Å². The van der Waals surface area contributed by atoms with Crippen LogP contribution in [-0.2, 0) is 19.1 Å². The van der Waals surface area contributed by atoms with Crippen LogP contribution in [0.25, 0.3) is 0 Å². The van der Waals surface area contributed by atoms with Crippen LogP contribution in [0.4, 0.5) is 27.6 Å². The number of para-hydroxylation sites is 1. The third kappa shape index (κ3) is 7.39. The summed E-state index contributed by atoms with van der Waals surface area (Å²) in [5, 5.41) is 6.06. The Kier molecular flexibility index (Phi) is 6.95. The Bertz CT molecular complexity index is 728. The number of halogens is 5. The van der Waals surface area contributed by atoms with Crippen molar-refractivity contribution in [3.05, 3.63) is 30.3 Å².